The summed E-state index contributed by atoms with van der Waals surface area (Å²) < 4.78 is 0. The molecule has 0 spiro atoms. The molecule has 0 amide bonds. The largest absolute Gasteiger partial charge is 0.316 e. The van der Waals surface area contributed by atoms with Gasteiger partial charge in [0.15, 0.2) is 0 Å². The van der Waals surface area contributed by atoms with E-state index in [0.29, 0.717) is 6.04 Å². The highest BCUT2D eigenvalue weighted by molar-refractivity contribution is 5.28. The third-order valence-electron chi connectivity index (χ3n) is 4.84. The minimum Gasteiger partial charge on any atom is -0.316 e. The first-order valence-electron chi connectivity index (χ1n) is 8.12. The second kappa shape index (κ2) is 6.44. The van der Waals surface area contributed by atoms with Crippen molar-refractivity contribution in [1.82, 2.24) is 5.32 Å². The van der Waals surface area contributed by atoms with Gasteiger partial charge in [0.05, 0.1) is 0 Å². The SMILES string of the molecule is CCc1ccc(CC(NC)C2CC2c2ccccc2)cc1. The lowest BCUT2D eigenvalue weighted by molar-refractivity contribution is 0.491. The van der Waals surface area contributed by atoms with Gasteiger partial charge in [0.1, 0.15) is 0 Å². The Bertz CT molecular complexity index is 558. The first-order chi connectivity index (χ1) is 10.3. The smallest absolute Gasteiger partial charge is 0.0139 e. The minimum absolute atomic E-state index is 0.586. The average Bonchev–Trinajstić information content (AvgIpc) is 3.34. The van der Waals surface area contributed by atoms with Crippen LogP contribution >= 0.6 is 0 Å². The Kier molecular flexibility index (Phi) is 4.40. The van der Waals surface area contributed by atoms with Crippen molar-refractivity contribution in [1.29, 1.82) is 0 Å². The fraction of sp³-hybridized carbons (Fsp3) is 0.400. The van der Waals surface area contributed by atoms with Gasteiger partial charge in [-0.25, -0.2) is 0 Å². The van der Waals surface area contributed by atoms with E-state index in [1.807, 2.05) is 0 Å². The summed E-state index contributed by atoms with van der Waals surface area (Å²) in [6, 6.07) is 20.7. The van der Waals surface area contributed by atoms with Crippen LogP contribution in [0.2, 0.25) is 0 Å². The number of hydrogen-bond donors (Lipinski definition) is 1. The summed E-state index contributed by atoms with van der Waals surface area (Å²) in [6.45, 7) is 2.21. The Balaban J connectivity index is 1.64. The molecule has 3 atom stereocenters. The Morgan fingerprint density at radius 1 is 1.00 bits per heavy atom. The van der Waals surface area contributed by atoms with E-state index < -0.39 is 0 Å². The van der Waals surface area contributed by atoms with Crippen LogP contribution < -0.4 is 5.32 Å². The van der Waals surface area contributed by atoms with Gasteiger partial charge in [0, 0.05) is 6.04 Å². The zero-order chi connectivity index (χ0) is 14.7. The quantitative estimate of drug-likeness (QED) is 0.836. The number of rotatable bonds is 6. The number of benzene rings is 2. The molecule has 1 heteroatoms. The van der Waals surface area contributed by atoms with Crippen LogP contribution in [0.25, 0.3) is 0 Å². The first kappa shape index (κ1) is 14.3. The summed E-state index contributed by atoms with van der Waals surface area (Å²) in [5.74, 6) is 1.53. The fourth-order valence-corrected chi connectivity index (χ4v) is 3.38. The molecule has 2 aromatic carbocycles. The average molecular weight is 279 g/mol. The van der Waals surface area contributed by atoms with Gasteiger partial charge in [0.25, 0.3) is 0 Å². The van der Waals surface area contributed by atoms with Crippen molar-refractivity contribution < 1.29 is 0 Å². The number of likely N-dealkylation sites (N-methyl/N-ethyl adjacent to an activating group) is 1. The van der Waals surface area contributed by atoms with Gasteiger partial charge in [-0.05, 0) is 54.8 Å². The van der Waals surface area contributed by atoms with Crippen LogP contribution in [0.15, 0.2) is 54.6 Å². The molecule has 0 aromatic heterocycles. The van der Waals surface area contributed by atoms with Crippen LogP contribution in [0.4, 0.5) is 0 Å². The van der Waals surface area contributed by atoms with E-state index in [1.165, 1.54) is 23.1 Å². The predicted molar refractivity (Wildman–Crippen MR) is 89.7 cm³/mol. The van der Waals surface area contributed by atoms with Gasteiger partial charge in [0.2, 0.25) is 0 Å². The Morgan fingerprint density at radius 3 is 2.29 bits per heavy atom. The van der Waals surface area contributed by atoms with Crippen molar-refractivity contribution in [2.45, 2.75) is 38.1 Å². The van der Waals surface area contributed by atoms with Gasteiger partial charge in [-0.1, -0.05) is 61.5 Å². The van der Waals surface area contributed by atoms with Crippen LogP contribution in [0.1, 0.15) is 36.0 Å². The lowest BCUT2D eigenvalue weighted by Gasteiger charge is -2.17. The standard InChI is InChI=1S/C20H25N/c1-3-15-9-11-16(12-10-15)13-20(21-2)19-14-18(19)17-7-5-4-6-8-17/h4-12,18-21H,3,13-14H2,1-2H3. The van der Waals surface area contributed by atoms with E-state index in [0.717, 1.165) is 24.7 Å². The highest BCUT2D eigenvalue weighted by Crippen LogP contribution is 2.49. The van der Waals surface area contributed by atoms with Crippen molar-refractivity contribution in [3.63, 3.8) is 0 Å². The molecule has 1 fully saturated rings. The second-order valence-electron chi connectivity index (χ2n) is 6.19. The monoisotopic (exact) mass is 279 g/mol. The van der Waals surface area contributed by atoms with Crippen molar-refractivity contribution in [3.8, 4) is 0 Å². The number of hydrogen-bond acceptors (Lipinski definition) is 1. The van der Waals surface area contributed by atoms with Crippen LogP contribution in [0, 0.1) is 5.92 Å². The first-order valence-corrected chi connectivity index (χ1v) is 8.12. The molecule has 3 rings (SSSR count). The molecule has 1 N–H and O–H groups in total. The van der Waals surface area contributed by atoms with Crippen LogP contribution in [-0.4, -0.2) is 13.1 Å². The van der Waals surface area contributed by atoms with E-state index in [1.54, 1.807) is 0 Å². The number of aryl methyl sites for hydroxylation is 1. The molecule has 21 heavy (non-hydrogen) atoms. The zero-order valence-corrected chi connectivity index (χ0v) is 13.0. The van der Waals surface area contributed by atoms with Crippen molar-refractivity contribution in [3.05, 3.63) is 71.3 Å². The minimum atomic E-state index is 0.586. The normalized spacial score (nSPS) is 22.0. The summed E-state index contributed by atoms with van der Waals surface area (Å²) in [5.41, 5.74) is 4.38. The molecule has 1 aliphatic carbocycles. The van der Waals surface area contributed by atoms with Crippen LogP contribution in [-0.2, 0) is 12.8 Å². The predicted octanol–water partition coefficient (Wildman–Crippen LogP) is 4.18. The van der Waals surface area contributed by atoms with E-state index in [4.69, 9.17) is 0 Å². The second-order valence-corrected chi connectivity index (χ2v) is 6.19. The lowest BCUT2D eigenvalue weighted by atomic mass is 9.98. The summed E-state index contributed by atoms with van der Waals surface area (Å²) in [7, 11) is 2.10. The van der Waals surface area contributed by atoms with E-state index in [9.17, 15) is 0 Å². The molecule has 1 saturated carbocycles. The fourth-order valence-electron chi connectivity index (χ4n) is 3.38. The van der Waals surface area contributed by atoms with Crippen molar-refractivity contribution in [2.75, 3.05) is 7.05 Å². The summed E-state index contributed by atoms with van der Waals surface area (Å²) in [4.78, 5) is 0. The highest BCUT2D eigenvalue weighted by atomic mass is 14.9. The molecule has 1 aliphatic rings. The molecule has 1 nitrogen and oxygen atoms in total. The summed E-state index contributed by atoms with van der Waals surface area (Å²) in [5, 5.41) is 3.54. The molecule has 2 aromatic rings. The van der Waals surface area contributed by atoms with Crippen LogP contribution in [0.5, 0.6) is 0 Å². The maximum absolute atomic E-state index is 3.54. The molecular weight excluding hydrogens is 254 g/mol. The third kappa shape index (κ3) is 3.36. The van der Waals surface area contributed by atoms with Crippen molar-refractivity contribution in [2.24, 2.45) is 5.92 Å². The highest BCUT2D eigenvalue weighted by Gasteiger charge is 2.42. The lowest BCUT2D eigenvalue weighted by Crippen LogP contribution is -2.30. The molecule has 0 heterocycles. The van der Waals surface area contributed by atoms with E-state index in [-0.39, 0.29) is 0 Å². The molecular formula is C20H25N. The van der Waals surface area contributed by atoms with Gasteiger partial charge in [-0.15, -0.1) is 0 Å². The van der Waals surface area contributed by atoms with Crippen LogP contribution in [0.3, 0.4) is 0 Å². The van der Waals surface area contributed by atoms with Crippen molar-refractivity contribution >= 4 is 0 Å². The Morgan fingerprint density at radius 2 is 1.67 bits per heavy atom. The zero-order valence-electron chi connectivity index (χ0n) is 13.0. The van der Waals surface area contributed by atoms with E-state index in [2.05, 4.69) is 73.9 Å². The topological polar surface area (TPSA) is 12.0 Å². The Hall–Kier alpha value is -1.60. The molecule has 0 saturated heterocycles. The molecule has 110 valence electrons. The summed E-state index contributed by atoms with van der Waals surface area (Å²) >= 11 is 0. The maximum atomic E-state index is 3.54. The summed E-state index contributed by atoms with van der Waals surface area (Å²) in [6.07, 6.45) is 3.57. The third-order valence-corrected chi connectivity index (χ3v) is 4.84. The number of nitrogens with one attached hydrogen (secondary N) is 1. The maximum Gasteiger partial charge on any atom is 0.0139 e. The van der Waals surface area contributed by atoms with Gasteiger partial charge < -0.3 is 5.32 Å². The van der Waals surface area contributed by atoms with Gasteiger partial charge >= 0.3 is 0 Å². The molecule has 0 bridgehead atoms. The molecule has 0 radical (unpaired) electrons. The molecule has 3 unspecified atom stereocenters. The van der Waals surface area contributed by atoms with Gasteiger partial charge in [-0.2, -0.15) is 0 Å². The Labute approximate surface area is 128 Å². The van der Waals surface area contributed by atoms with Gasteiger partial charge in [-0.3, -0.25) is 0 Å². The van der Waals surface area contributed by atoms with E-state index >= 15 is 0 Å². The molecule has 0 aliphatic heterocycles.